The lowest BCUT2D eigenvalue weighted by molar-refractivity contribution is -0.124. The minimum absolute atomic E-state index is 0.0329. The minimum atomic E-state index is -0.185. The van der Waals surface area contributed by atoms with Crippen molar-refractivity contribution in [1.29, 1.82) is 0 Å². The van der Waals surface area contributed by atoms with Crippen LogP contribution in [0.5, 0.6) is 0 Å². The Morgan fingerprint density at radius 1 is 1.29 bits per heavy atom. The van der Waals surface area contributed by atoms with Gasteiger partial charge in [0.1, 0.15) is 6.54 Å². The highest BCUT2D eigenvalue weighted by Crippen LogP contribution is 2.35. The molecule has 1 atom stereocenters. The zero-order chi connectivity index (χ0) is 17.3. The van der Waals surface area contributed by atoms with E-state index in [1.54, 1.807) is 4.68 Å². The number of nitrogens with one attached hydrogen (secondary N) is 2. The second-order valence-electron chi connectivity index (χ2n) is 7.52. The van der Waals surface area contributed by atoms with Crippen LogP contribution in [0.2, 0.25) is 0 Å². The summed E-state index contributed by atoms with van der Waals surface area (Å²) in [5.41, 5.74) is 3.19. The number of aliphatic hydroxyl groups excluding tert-OH is 1. The quantitative estimate of drug-likeness (QED) is 0.752. The van der Waals surface area contributed by atoms with Gasteiger partial charge in [-0.2, -0.15) is 5.10 Å². The Morgan fingerprint density at radius 2 is 1.96 bits per heavy atom. The maximum atomic E-state index is 12.6. The Kier molecular flexibility index (Phi) is 5.25. The van der Waals surface area contributed by atoms with Crippen LogP contribution in [0, 0.1) is 32.6 Å². The highest BCUT2D eigenvalue weighted by atomic mass is 16.3. The van der Waals surface area contributed by atoms with Crippen molar-refractivity contribution >= 4 is 5.91 Å². The van der Waals surface area contributed by atoms with E-state index in [4.69, 9.17) is 0 Å². The van der Waals surface area contributed by atoms with Gasteiger partial charge in [0.2, 0.25) is 5.91 Å². The first-order valence-electron chi connectivity index (χ1n) is 9.14. The second-order valence-corrected chi connectivity index (χ2v) is 7.52. The third-order valence-corrected chi connectivity index (χ3v) is 5.91. The number of hydrogen-bond donors (Lipinski definition) is 3. The molecule has 2 heterocycles. The normalized spacial score (nSPS) is 26.0. The van der Waals surface area contributed by atoms with Gasteiger partial charge in [0.15, 0.2) is 0 Å². The number of nitrogens with zero attached hydrogens (tertiary/aromatic N) is 2. The van der Waals surface area contributed by atoms with E-state index in [0.717, 1.165) is 55.7 Å². The number of rotatable bonds is 5. The van der Waals surface area contributed by atoms with Crippen LogP contribution in [0.3, 0.4) is 0 Å². The van der Waals surface area contributed by atoms with Gasteiger partial charge in [-0.3, -0.25) is 9.48 Å². The highest BCUT2D eigenvalue weighted by Gasteiger charge is 2.39. The molecule has 2 fully saturated rings. The third-order valence-electron chi connectivity index (χ3n) is 5.91. The number of aromatic nitrogens is 2. The molecule has 134 valence electrons. The summed E-state index contributed by atoms with van der Waals surface area (Å²) in [6.07, 6.45) is 3.63. The molecule has 1 saturated carbocycles. The number of aryl methyl sites for hydroxylation is 1. The van der Waals surface area contributed by atoms with E-state index >= 15 is 0 Å². The van der Waals surface area contributed by atoms with Crippen molar-refractivity contribution in [3.05, 3.63) is 17.0 Å². The van der Waals surface area contributed by atoms with Crippen molar-refractivity contribution in [2.45, 2.75) is 65.1 Å². The molecule has 3 N–H and O–H groups in total. The van der Waals surface area contributed by atoms with E-state index in [0.29, 0.717) is 11.8 Å². The van der Waals surface area contributed by atoms with Crippen molar-refractivity contribution in [3.63, 3.8) is 0 Å². The van der Waals surface area contributed by atoms with Gasteiger partial charge in [0, 0.05) is 11.7 Å². The van der Waals surface area contributed by atoms with Crippen molar-refractivity contribution < 1.29 is 9.90 Å². The molecule has 1 saturated heterocycles. The molecule has 1 amide bonds. The molecule has 6 heteroatoms. The third kappa shape index (κ3) is 3.64. The smallest absolute Gasteiger partial charge is 0.241 e. The standard InChI is InChI=1S/C18H30N4O2/c1-11-12(2)21-22(13(11)3)10-17(24)20-18(15-8-16(23)9-15)14-4-6-19-7-5-14/h14-16,18-19,23H,4-10H2,1-3H3,(H,20,24). The number of hydrogen-bond acceptors (Lipinski definition) is 4. The van der Waals surface area contributed by atoms with Crippen molar-refractivity contribution in [1.82, 2.24) is 20.4 Å². The van der Waals surface area contributed by atoms with Crippen LogP contribution in [0.25, 0.3) is 0 Å². The Morgan fingerprint density at radius 3 is 2.50 bits per heavy atom. The van der Waals surface area contributed by atoms with Gasteiger partial charge in [0.05, 0.1) is 11.8 Å². The fraction of sp³-hybridized carbons (Fsp3) is 0.778. The Hall–Kier alpha value is -1.40. The van der Waals surface area contributed by atoms with Gasteiger partial charge in [0.25, 0.3) is 0 Å². The van der Waals surface area contributed by atoms with Crippen LogP contribution in [-0.4, -0.2) is 46.0 Å². The first kappa shape index (κ1) is 17.4. The van der Waals surface area contributed by atoms with Crippen molar-refractivity contribution in [2.24, 2.45) is 11.8 Å². The summed E-state index contributed by atoms with van der Waals surface area (Å²) < 4.78 is 1.80. The topological polar surface area (TPSA) is 79.2 Å². The molecular weight excluding hydrogens is 304 g/mol. The van der Waals surface area contributed by atoms with E-state index in [-0.39, 0.29) is 24.6 Å². The van der Waals surface area contributed by atoms with E-state index in [1.165, 1.54) is 0 Å². The first-order chi connectivity index (χ1) is 11.5. The zero-order valence-electron chi connectivity index (χ0n) is 15.0. The van der Waals surface area contributed by atoms with Gasteiger partial charge in [-0.15, -0.1) is 0 Å². The molecule has 0 radical (unpaired) electrons. The van der Waals surface area contributed by atoms with E-state index in [9.17, 15) is 9.90 Å². The van der Waals surface area contributed by atoms with Gasteiger partial charge in [-0.25, -0.2) is 0 Å². The fourth-order valence-corrected chi connectivity index (χ4v) is 4.06. The number of carbonyl (C=O) groups is 1. The van der Waals surface area contributed by atoms with Crippen LogP contribution >= 0.6 is 0 Å². The molecule has 1 aromatic heterocycles. The molecule has 3 rings (SSSR count). The van der Waals surface area contributed by atoms with E-state index in [1.807, 2.05) is 20.8 Å². The summed E-state index contributed by atoms with van der Waals surface area (Å²) in [7, 11) is 0. The highest BCUT2D eigenvalue weighted by molar-refractivity contribution is 5.76. The largest absolute Gasteiger partial charge is 0.393 e. The molecule has 6 nitrogen and oxygen atoms in total. The first-order valence-corrected chi connectivity index (χ1v) is 9.14. The van der Waals surface area contributed by atoms with Crippen LogP contribution in [0.4, 0.5) is 0 Å². The number of aliphatic hydroxyl groups is 1. The lowest BCUT2D eigenvalue weighted by atomic mass is 9.71. The number of amides is 1. The summed E-state index contributed by atoms with van der Waals surface area (Å²) in [5, 5.41) is 20.8. The van der Waals surface area contributed by atoms with Gasteiger partial charge >= 0.3 is 0 Å². The van der Waals surface area contributed by atoms with Gasteiger partial charge < -0.3 is 15.7 Å². The second kappa shape index (κ2) is 7.23. The lowest BCUT2D eigenvalue weighted by Gasteiger charge is -2.43. The molecule has 0 bridgehead atoms. The summed E-state index contributed by atoms with van der Waals surface area (Å²) >= 11 is 0. The molecule has 2 aliphatic rings. The maximum absolute atomic E-state index is 12.6. The van der Waals surface area contributed by atoms with Crippen molar-refractivity contribution in [3.8, 4) is 0 Å². The van der Waals surface area contributed by atoms with Crippen LogP contribution in [0.1, 0.15) is 42.6 Å². The lowest BCUT2D eigenvalue weighted by Crippen LogP contribution is -2.53. The summed E-state index contributed by atoms with van der Waals surface area (Å²) in [4.78, 5) is 12.6. The van der Waals surface area contributed by atoms with Gasteiger partial charge in [-0.05, 0) is 76.9 Å². The van der Waals surface area contributed by atoms with Crippen LogP contribution < -0.4 is 10.6 Å². The molecule has 1 aromatic rings. The molecule has 0 spiro atoms. The van der Waals surface area contributed by atoms with Gasteiger partial charge in [-0.1, -0.05) is 0 Å². The molecule has 24 heavy (non-hydrogen) atoms. The predicted octanol–water partition coefficient (Wildman–Crippen LogP) is 1.06. The molecule has 1 aliphatic carbocycles. The van der Waals surface area contributed by atoms with Crippen LogP contribution in [0.15, 0.2) is 0 Å². The maximum Gasteiger partial charge on any atom is 0.241 e. The Balaban J connectivity index is 1.65. The van der Waals surface area contributed by atoms with E-state index in [2.05, 4.69) is 15.7 Å². The molecule has 0 aromatic carbocycles. The summed E-state index contributed by atoms with van der Waals surface area (Å²) in [6, 6.07) is 0.182. The van der Waals surface area contributed by atoms with Crippen LogP contribution in [-0.2, 0) is 11.3 Å². The average Bonchev–Trinajstić information content (AvgIpc) is 2.78. The molecule has 1 aliphatic heterocycles. The monoisotopic (exact) mass is 334 g/mol. The van der Waals surface area contributed by atoms with E-state index < -0.39 is 0 Å². The predicted molar refractivity (Wildman–Crippen MR) is 92.7 cm³/mol. The van der Waals surface area contributed by atoms with Crippen molar-refractivity contribution in [2.75, 3.05) is 13.1 Å². The zero-order valence-corrected chi connectivity index (χ0v) is 15.0. The Labute approximate surface area is 144 Å². The number of piperidine rings is 1. The SMILES string of the molecule is Cc1nn(CC(=O)NC(C2CCNCC2)C2CC(O)C2)c(C)c1C. The fourth-order valence-electron chi connectivity index (χ4n) is 4.06. The number of carbonyl (C=O) groups excluding carboxylic acids is 1. The molecule has 1 unspecified atom stereocenters. The summed E-state index contributed by atoms with van der Waals surface area (Å²) in [6.45, 7) is 8.34. The minimum Gasteiger partial charge on any atom is -0.393 e. The Bertz CT molecular complexity index is 586. The molecular formula is C18H30N4O2. The average molecular weight is 334 g/mol. The summed E-state index contributed by atoms with van der Waals surface area (Å²) in [5.74, 6) is 0.953.